The van der Waals surface area contributed by atoms with Crippen LogP contribution in [0.5, 0.6) is 5.75 Å². The number of hydrogen-bond donors (Lipinski definition) is 0. The summed E-state index contributed by atoms with van der Waals surface area (Å²) in [7, 11) is 1.75. The van der Waals surface area contributed by atoms with Gasteiger partial charge in [-0.2, -0.15) is 5.10 Å². The standard InChI is InChI=1S/C24H26N4O3/c1-26(15-20-14-25-27(17-20)16-19-6-3-2-4-7-19)24(30)18-31-22-11-9-21(10-12-22)28-13-5-8-23(28)29/h2-4,6-7,9-12,14,17H,5,8,13,15-16,18H2,1H3. The maximum absolute atomic E-state index is 12.5. The van der Waals surface area contributed by atoms with Gasteiger partial charge in [-0.15, -0.1) is 0 Å². The predicted octanol–water partition coefficient (Wildman–Crippen LogP) is 3.10. The maximum atomic E-state index is 12.5. The van der Waals surface area contributed by atoms with E-state index in [0.29, 0.717) is 25.3 Å². The van der Waals surface area contributed by atoms with Gasteiger partial charge in [-0.05, 0) is 36.2 Å². The van der Waals surface area contributed by atoms with Gasteiger partial charge >= 0.3 is 0 Å². The van der Waals surface area contributed by atoms with Gasteiger partial charge in [-0.3, -0.25) is 14.3 Å². The van der Waals surface area contributed by atoms with E-state index >= 15 is 0 Å². The van der Waals surface area contributed by atoms with Crippen molar-refractivity contribution in [2.24, 2.45) is 0 Å². The molecule has 1 saturated heterocycles. The summed E-state index contributed by atoms with van der Waals surface area (Å²) < 4.78 is 7.51. The lowest BCUT2D eigenvalue weighted by Gasteiger charge is -2.18. The van der Waals surface area contributed by atoms with Crippen molar-refractivity contribution in [1.82, 2.24) is 14.7 Å². The minimum Gasteiger partial charge on any atom is -0.484 e. The minimum absolute atomic E-state index is 0.0450. The van der Waals surface area contributed by atoms with Crippen LogP contribution < -0.4 is 9.64 Å². The molecule has 1 aliphatic rings. The van der Waals surface area contributed by atoms with Crippen LogP contribution in [-0.2, 0) is 22.7 Å². The van der Waals surface area contributed by atoms with Crippen LogP contribution >= 0.6 is 0 Å². The first-order valence-electron chi connectivity index (χ1n) is 10.4. The van der Waals surface area contributed by atoms with Gasteiger partial charge in [0.15, 0.2) is 6.61 Å². The molecule has 1 aromatic heterocycles. The van der Waals surface area contributed by atoms with Crippen LogP contribution in [0.4, 0.5) is 5.69 Å². The van der Waals surface area contributed by atoms with Crippen LogP contribution in [-0.4, -0.2) is 46.7 Å². The Morgan fingerprint density at radius 1 is 1.10 bits per heavy atom. The Bertz CT molecular complexity index is 1030. The zero-order valence-corrected chi connectivity index (χ0v) is 17.6. The molecule has 160 valence electrons. The molecule has 0 radical (unpaired) electrons. The molecule has 31 heavy (non-hydrogen) atoms. The number of ether oxygens (including phenoxy) is 1. The van der Waals surface area contributed by atoms with Gasteiger partial charge in [0.1, 0.15) is 5.75 Å². The number of hydrogen-bond acceptors (Lipinski definition) is 4. The maximum Gasteiger partial charge on any atom is 0.260 e. The van der Waals surface area contributed by atoms with Crippen LogP contribution in [0.2, 0.25) is 0 Å². The lowest BCUT2D eigenvalue weighted by Crippen LogP contribution is -2.30. The molecule has 0 bridgehead atoms. The number of rotatable bonds is 8. The van der Waals surface area contributed by atoms with Gasteiger partial charge in [-0.1, -0.05) is 30.3 Å². The monoisotopic (exact) mass is 418 g/mol. The second-order valence-corrected chi connectivity index (χ2v) is 7.71. The largest absolute Gasteiger partial charge is 0.484 e. The van der Waals surface area contributed by atoms with Crippen LogP contribution in [0.15, 0.2) is 67.0 Å². The van der Waals surface area contributed by atoms with Crippen molar-refractivity contribution in [3.05, 3.63) is 78.1 Å². The molecule has 2 aromatic carbocycles. The smallest absolute Gasteiger partial charge is 0.260 e. The Kier molecular flexibility index (Phi) is 6.31. The molecule has 4 rings (SSSR count). The molecule has 0 unspecified atom stereocenters. The highest BCUT2D eigenvalue weighted by atomic mass is 16.5. The van der Waals surface area contributed by atoms with Gasteiger partial charge in [0, 0.05) is 44.0 Å². The van der Waals surface area contributed by atoms with E-state index in [4.69, 9.17) is 4.74 Å². The summed E-state index contributed by atoms with van der Waals surface area (Å²) in [5.41, 5.74) is 3.01. The van der Waals surface area contributed by atoms with Gasteiger partial charge in [-0.25, -0.2) is 0 Å². The number of aromatic nitrogens is 2. The molecule has 1 aliphatic heterocycles. The Morgan fingerprint density at radius 3 is 2.58 bits per heavy atom. The van der Waals surface area contributed by atoms with Crippen molar-refractivity contribution < 1.29 is 14.3 Å². The molecular weight excluding hydrogens is 392 g/mol. The van der Waals surface area contributed by atoms with Crippen LogP contribution in [0.1, 0.15) is 24.0 Å². The number of carbonyl (C=O) groups is 2. The quantitative estimate of drug-likeness (QED) is 0.564. The second-order valence-electron chi connectivity index (χ2n) is 7.71. The zero-order chi connectivity index (χ0) is 21.6. The highest BCUT2D eigenvalue weighted by Crippen LogP contribution is 2.23. The van der Waals surface area contributed by atoms with E-state index in [1.54, 1.807) is 35.2 Å². The normalized spacial score (nSPS) is 13.5. The number of carbonyl (C=O) groups excluding carboxylic acids is 2. The van der Waals surface area contributed by atoms with E-state index in [1.807, 2.05) is 41.2 Å². The van der Waals surface area contributed by atoms with Crippen molar-refractivity contribution in [2.75, 3.05) is 25.1 Å². The Balaban J connectivity index is 1.26. The van der Waals surface area contributed by atoms with Crippen molar-refractivity contribution in [3.8, 4) is 5.75 Å². The van der Waals surface area contributed by atoms with E-state index in [1.165, 1.54) is 5.56 Å². The second kappa shape index (κ2) is 9.47. The summed E-state index contributed by atoms with van der Waals surface area (Å²) in [5, 5.41) is 4.38. The summed E-state index contributed by atoms with van der Waals surface area (Å²) in [5.74, 6) is 0.639. The molecular formula is C24H26N4O3. The van der Waals surface area contributed by atoms with E-state index in [-0.39, 0.29) is 18.4 Å². The number of anilines is 1. The molecule has 2 heterocycles. The van der Waals surface area contributed by atoms with Gasteiger partial charge in [0.25, 0.3) is 5.91 Å². The first-order chi connectivity index (χ1) is 15.1. The fraction of sp³-hybridized carbons (Fsp3) is 0.292. The van der Waals surface area contributed by atoms with E-state index in [2.05, 4.69) is 17.2 Å². The lowest BCUT2D eigenvalue weighted by atomic mass is 10.2. The zero-order valence-electron chi connectivity index (χ0n) is 17.6. The van der Waals surface area contributed by atoms with Gasteiger partial charge in [0.2, 0.25) is 5.91 Å². The third-order valence-corrected chi connectivity index (χ3v) is 5.30. The number of likely N-dealkylation sites (N-methyl/N-ethyl adjacent to an activating group) is 1. The SMILES string of the molecule is CN(Cc1cnn(Cc2ccccc2)c1)C(=O)COc1ccc(N2CCCC2=O)cc1. The van der Waals surface area contributed by atoms with Crippen molar-refractivity contribution in [1.29, 1.82) is 0 Å². The Labute approximate surface area is 181 Å². The highest BCUT2D eigenvalue weighted by Gasteiger charge is 2.21. The highest BCUT2D eigenvalue weighted by molar-refractivity contribution is 5.95. The molecule has 7 heteroatoms. The average molecular weight is 418 g/mol. The Hall–Kier alpha value is -3.61. The molecule has 0 saturated carbocycles. The topological polar surface area (TPSA) is 67.7 Å². The summed E-state index contributed by atoms with van der Waals surface area (Å²) in [6, 6.07) is 17.4. The Morgan fingerprint density at radius 2 is 1.87 bits per heavy atom. The molecule has 0 atom stereocenters. The van der Waals surface area contributed by atoms with E-state index in [0.717, 1.165) is 24.2 Å². The average Bonchev–Trinajstić information content (AvgIpc) is 3.41. The molecule has 2 amide bonds. The first kappa shape index (κ1) is 20.7. The predicted molar refractivity (Wildman–Crippen MR) is 118 cm³/mol. The third-order valence-electron chi connectivity index (χ3n) is 5.30. The fourth-order valence-electron chi connectivity index (χ4n) is 3.61. The van der Waals surface area contributed by atoms with Crippen molar-refractivity contribution in [3.63, 3.8) is 0 Å². The molecule has 0 spiro atoms. The van der Waals surface area contributed by atoms with E-state index < -0.39 is 0 Å². The molecule has 0 N–H and O–H groups in total. The summed E-state index contributed by atoms with van der Waals surface area (Å²) in [6.07, 6.45) is 5.23. The summed E-state index contributed by atoms with van der Waals surface area (Å²) >= 11 is 0. The number of benzene rings is 2. The summed E-state index contributed by atoms with van der Waals surface area (Å²) in [4.78, 5) is 27.7. The molecule has 3 aromatic rings. The van der Waals surface area contributed by atoms with E-state index in [9.17, 15) is 9.59 Å². The van der Waals surface area contributed by atoms with Crippen LogP contribution in [0.3, 0.4) is 0 Å². The molecule has 1 fully saturated rings. The van der Waals surface area contributed by atoms with Crippen LogP contribution in [0.25, 0.3) is 0 Å². The van der Waals surface area contributed by atoms with Crippen molar-refractivity contribution in [2.45, 2.75) is 25.9 Å². The first-order valence-corrected chi connectivity index (χ1v) is 10.4. The van der Waals surface area contributed by atoms with Gasteiger partial charge in [0.05, 0.1) is 12.7 Å². The van der Waals surface area contributed by atoms with Crippen LogP contribution in [0, 0.1) is 0 Å². The fourth-order valence-corrected chi connectivity index (χ4v) is 3.61. The summed E-state index contributed by atoms with van der Waals surface area (Å²) in [6.45, 7) is 1.87. The minimum atomic E-state index is -0.116. The molecule has 7 nitrogen and oxygen atoms in total. The molecule has 0 aliphatic carbocycles. The number of amides is 2. The van der Waals surface area contributed by atoms with Crippen molar-refractivity contribution >= 4 is 17.5 Å². The lowest BCUT2D eigenvalue weighted by molar-refractivity contribution is -0.132. The van der Waals surface area contributed by atoms with Gasteiger partial charge < -0.3 is 14.5 Å². The number of nitrogens with zero attached hydrogens (tertiary/aromatic N) is 4. The third kappa shape index (κ3) is 5.31.